The van der Waals surface area contributed by atoms with Crippen molar-refractivity contribution in [2.24, 2.45) is 0 Å². The molecule has 0 atom stereocenters. The molecule has 21 heavy (non-hydrogen) atoms. The monoisotopic (exact) mass is 290 g/mol. The van der Waals surface area contributed by atoms with Crippen molar-refractivity contribution < 1.29 is 4.39 Å². The number of unbranched alkanes of at least 4 members (excludes halogenated alkanes) is 4. The fraction of sp³-hybridized carbons (Fsp3) is 0.611. The number of nitrogens with one attached hydrogen (secondary N) is 1. The summed E-state index contributed by atoms with van der Waals surface area (Å²) in [6.45, 7) is 4.39. The lowest BCUT2D eigenvalue weighted by Crippen LogP contribution is -2.20. The van der Waals surface area contributed by atoms with Crippen molar-refractivity contribution in [3.05, 3.63) is 29.6 Å². The molecule has 0 saturated carbocycles. The number of hydrogen-bond donors (Lipinski definition) is 1. The highest BCUT2D eigenvalue weighted by Gasteiger charge is 2.13. The Kier molecular flexibility index (Phi) is 8.50. The lowest BCUT2D eigenvalue weighted by atomic mass is 10.0. The molecule has 0 bridgehead atoms. The summed E-state index contributed by atoms with van der Waals surface area (Å²) < 4.78 is 13.7. The van der Waals surface area contributed by atoms with Gasteiger partial charge < -0.3 is 5.32 Å². The molecule has 116 valence electrons. The van der Waals surface area contributed by atoms with Crippen molar-refractivity contribution in [1.82, 2.24) is 0 Å². The van der Waals surface area contributed by atoms with Crippen molar-refractivity contribution in [1.29, 1.82) is 5.26 Å². The number of benzene rings is 1. The highest BCUT2D eigenvalue weighted by Crippen LogP contribution is 2.22. The van der Waals surface area contributed by atoms with Gasteiger partial charge in [-0.2, -0.15) is 5.26 Å². The molecule has 0 aliphatic carbocycles. The average molecular weight is 290 g/mol. The summed E-state index contributed by atoms with van der Waals surface area (Å²) in [5.74, 6) is -0.441. The molecule has 0 radical (unpaired) electrons. The van der Waals surface area contributed by atoms with E-state index >= 15 is 0 Å². The highest BCUT2D eigenvalue weighted by molar-refractivity contribution is 5.58. The van der Waals surface area contributed by atoms with Gasteiger partial charge in [0.25, 0.3) is 0 Å². The molecule has 1 N–H and O–H groups in total. The number of anilines is 1. The fourth-order valence-corrected chi connectivity index (χ4v) is 2.55. The van der Waals surface area contributed by atoms with Crippen LogP contribution in [0.3, 0.4) is 0 Å². The molecule has 1 rings (SSSR count). The van der Waals surface area contributed by atoms with Crippen molar-refractivity contribution in [3.63, 3.8) is 0 Å². The van der Waals surface area contributed by atoms with Gasteiger partial charge in [0.05, 0.1) is 5.69 Å². The number of hydrogen-bond acceptors (Lipinski definition) is 2. The van der Waals surface area contributed by atoms with Gasteiger partial charge in [0.1, 0.15) is 17.4 Å². The van der Waals surface area contributed by atoms with Gasteiger partial charge in [0, 0.05) is 6.04 Å². The second-order valence-corrected chi connectivity index (χ2v) is 5.61. The van der Waals surface area contributed by atoms with Gasteiger partial charge in [-0.15, -0.1) is 0 Å². The molecule has 1 aromatic carbocycles. The van der Waals surface area contributed by atoms with Crippen LogP contribution in [0, 0.1) is 17.1 Å². The Labute approximate surface area is 128 Å². The Morgan fingerprint density at radius 3 is 2.24 bits per heavy atom. The standard InChI is InChI=1S/C18H27FN2/c1-3-5-7-10-15(11-8-6-4-2)21-18-13-9-12-17(19)16(18)14-20/h9,12-13,15,21H,3-8,10-11H2,1-2H3. The van der Waals surface area contributed by atoms with Crippen LogP contribution < -0.4 is 5.32 Å². The van der Waals surface area contributed by atoms with Gasteiger partial charge >= 0.3 is 0 Å². The molecule has 0 amide bonds. The topological polar surface area (TPSA) is 35.8 Å². The van der Waals surface area contributed by atoms with E-state index in [1.165, 1.54) is 44.6 Å². The number of rotatable bonds is 10. The van der Waals surface area contributed by atoms with Gasteiger partial charge in [-0.3, -0.25) is 0 Å². The normalized spacial score (nSPS) is 10.6. The van der Waals surface area contributed by atoms with Crippen molar-refractivity contribution >= 4 is 5.69 Å². The Balaban J connectivity index is 2.70. The maximum Gasteiger partial charge on any atom is 0.143 e. The third-order valence-corrected chi connectivity index (χ3v) is 3.80. The van der Waals surface area contributed by atoms with E-state index in [0.717, 1.165) is 12.8 Å². The van der Waals surface area contributed by atoms with Crippen LogP contribution in [0.5, 0.6) is 0 Å². The predicted octanol–water partition coefficient (Wildman–Crippen LogP) is 5.64. The van der Waals surface area contributed by atoms with E-state index in [1.54, 1.807) is 12.1 Å². The Hall–Kier alpha value is -1.56. The molecule has 3 heteroatoms. The van der Waals surface area contributed by atoms with Gasteiger partial charge in [0.15, 0.2) is 0 Å². The second kappa shape index (κ2) is 10.2. The molecular weight excluding hydrogens is 263 g/mol. The summed E-state index contributed by atoms with van der Waals surface area (Å²) in [6.07, 6.45) is 9.36. The van der Waals surface area contributed by atoms with E-state index in [9.17, 15) is 4.39 Å². The van der Waals surface area contributed by atoms with E-state index in [1.807, 2.05) is 6.07 Å². The van der Waals surface area contributed by atoms with Crippen LogP contribution in [-0.4, -0.2) is 6.04 Å². The summed E-state index contributed by atoms with van der Waals surface area (Å²) in [6, 6.07) is 7.10. The molecule has 0 aliphatic rings. The number of nitriles is 1. The van der Waals surface area contributed by atoms with Crippen LogP contribution in [0.2, 0.25) is 0 Å². The maximum absolute atomic E-state index is 13.7. The van der Waals surface area contributed by atoms with Crippen LogP contribution in [0.4, 0.5) is 10.1 Å². The van der Waals surface area contributed by atoms with Crippen molar-refractivity contribution in [3.8, 4) is 6.07 Å². The van der Waals surface area contributed by atoms with Crippen LogP contribution >= 0.6 is 0 Å². The van der Waals surface area contributed by atoms with Gasteiger partial charge in [-0.25, -0.2) is 4.39 Å². The molecule has 1 aromatic rings. The quantitative estimate of drug-likeness (QED) is 0.566. The number of nitrogens with zero attached hydrogens (tertiary/aromatic N) is 1. The third-order valence-electron chi connectivity index (χ3n) is 3.80. The highest BCUT2D eigenvalue weighted by atomic mass is 19.1. The van der Waals surface area contributed by atoms with Gasteiger partial charge in [0.2, 0.25) is 0 Å². The van der Waals surface area contributed by atoms with E-state index in [2.05, 4.69) is 19.2 Å². The fourth-order valence-electron chi connectivity index (χ4n) is 2.55. The summed E-state index contributed by atoms with van der Waals surface area (Å²) in [4.78, 5) is 0. The van der Waals surface area contributed by atoms with Crippen LogP contribution in [0.15, 0.2) is 18.2 Å². The van der Waals surface area contributed by atoms with Crippen LogP contribution in [0.1, 0.15) is 70.8 Å². The summed E-state index contributed by atoms with van der Waals surface area (Å²) >= 11 is 0. The lowest BCUT2D eigenvalue weighted by Gasteiger charge is -2.21. The first-order chi connectivity index (χ1) is 10.2. The Morgan fingerprint density at radius 2 is 1.71 bits per heavy atom. The molecule has 0 aliphatic heterocycles. The first kappa shape index (κ1) is 17.5. The minimum absolute atomic E-state index is 0.133. The molecule has 0 aromatic heterocycles. The zero-order chi connectivity index (χ0) is 15.5. The third kappa shape index (κ3) is 6.16. The average Bonchev–Trinajstić information content (AvgIpc) is 2.48. The zero-order valence-corrected chi connectivity index (χ0v) is 13.3. The molecule has 0 heterocycles. The zero-order valence-electron chi connectivity index (χ0n) is 13.3. The van der Waals surface area contributed by atoms with E-state index in [4.69, 9.17) is 5.26 Å². The Bertz CT molecular complexity index is 441. The smallest absolute Gasteiger partial charge is 0.143 e. The summed E-state index contributed by atoms with van der Waals surface area (Å²) in [5.41, 5.74) is 0.768. The molecule has 0 saturated heterocycles. The van der Waals surface area contributed by atoms with Crippen LogP contribution in [0.25, 0.3) is 0 Å². The lowest BCUT2D eigenvalue weighted by molar-refractivity contribution is 0.526. The summed E-state index contributed by atoms with van der Waals surface area (Å²) in [7, 11) is 0. The minimum Gasteiger partial charge on any atom is -0.381 e. The van der Waals surface area contributed by atoms with Crippen LogP contribution in [-0.2, 0) is 0 Å². The predicted molar refractivity (Wildman–Crippen MR) is 86.8 cm³/mol. The van der Waals surface area contributed by atoms with Gasteiger partial charge in [-0.1, -0.05) is 58.4 Å². The first-order valence-corrected chi connectivity index (χ1v) is 8.18. The molecular formula is C18H27FN2. The van der Waals surface area contributed by atoms with E-state index in [0.29, 0.717) is 11.7 Å². The van der Waals surface area contributed by atoms with E-state index < -0.39 is 5.82 Å². The first-order valence-electron chi connectivity index (χ1n) is 8.18. The minimum atomic E-state index is -0.441. The number of halogens is 1. The summed E-state index contributed by atoms with van der Waals surface area (Å²) in [5, 5.41) is 12.5. The molecule has 0 fully saturated rings. The maximum atomic E-state index is 13.7. The largest absolute Gasteiger partial charge is 0.381 e. The second-order valence-electron chi connectivity index (χ2n) is 5.61. The van der Waals surface area contributed by atoms with Crippen molar-refractivity contribution in [2.45, 2.75) is 71.3 Å². The van der Waals surface area contributed by atoms with Crippen molar-refractivity contribution in [2.75, 3.05) is 5.32 Å². The van der Waals surface area contributed by atoms with Gasteiger partial charge in [-0.05, 0) is 25.0 Å². The molecule has 0 spiro atoms. The SMILES string of the molecule is CCCCCC(CCCCC)Nc1cccc(F)c1C#N. The Morgan fingerprint density at radius 1 is 1.10 bits per heavy atom. The van der Waals surface area contributed by atoms with E-state index in [-0.39, 0.29) is 5.56 Å². The molecule has 0 unspecified atom stereocenters. The molecule has 2 nitrogen and oxygen atoms in total.